The predicted molar refractivity (Wildman–Crippen MR) is 74.4 cm³/mol. The SMILES string of the molecule is Cc1cnn(C2CCN(Cc3cnoc3C3CC3)C2)c1. The molecular formula is C15H20N4O. The van der Waals surface area contributed by atoms with Crippen molar-refractivity contribution in [3.8, 4) is 0 Å². The van der Waals surface area contributed by atoms with Crippen LogP contribution < -0.4 is 0 Å². The summed E-state index contributed by atoms with van der Waals surface area (Å²) in [6.07, 6.45) is 9.68. The average Bonchev–Trinajstić information content (AvgIpc) is 2.87. The van der Waals surface area contributed by atoms with Crippen molar-refractivity contribution >= 4 is 0 Å². The minimum atomic E-state index is 0.507. The number of likely N-dealkylation sites (tertiary alicyclic amines) is 1. The summed E-state index contributed by atoms with van der Waals surface area (Å²) in [4.78, 5) is 2.49. The number of aryl methyl sites for hydroxylation is 1. The van der Waals surface area contributed by atoms with Crippen LogP contribution >= 0.6 is 0 Å². The number of nitrogens with zero attached hydrogens (tertiary/aromatic N) is 4. The highest BCUT2D eigenvalue weighted by Crippen LogP contribution is 2.42. The molecule has 2 aliphatic rings. The largest absolute Gasteiger partial charge is 0.361 e. The van der Waals surface area contributed by atoms with Crippen LogP contribution in [0.1, 0.15) is 48.1 Å². The van der Waals surface area contributed by atoms with E-state index in [2.05, 4.69) is 33.0 Å². The fraction of sp³-hybridized carbons (Fsp3) is 0.600. The second-order valence-corrected chi connectivity index (χ2v) is 6.16. The molecule has 5 heteroatoms. The van der Waals surface area contributed by atoms with Crippen LogP contribution in [0, 0.1) is 6.92 Å². The van der Waals surface area contributed by atoms with Crippen LogP contribution in [0.4, 0.5) is 0 Å². The second-order valence-electron chi connectivity index (χ2n) is 6.16. The lowest BCUT2D eigenvalue weighted by Crippen LogP contribution is -2.21. The Morgan fingerprint density at radius 3 is 2.95 bits per heavy atom. The molecule has 0 amide bonds. The van der Waals surface area contributed by atoms with Crippen LogP contribution in [0.2, 0.25) is 0 Å². The van der Waals surface area contributed by atoms with E-state index in [1.54, 1.807) is 0 Å². The highest BCUT2D eigenvalue weighted by Gasteiger charge is 2.32. The van der Waals surface area contributed by atoms with E-state index >= 15 is 0 Å². The van der Waals surface area contributed by atoms with Gasteiger partial charge in [-0.25, -0.2) is 0 Å². The topological polar surface area (TPSA) is 47.1 Å². The van der Waals surface area contributed by atoms with E-state index in [9.17, 15) is 0 Å². The van der Waals surface area contributed by atoms with Gasteiger partial charge in [-0.15, -0.1) is 0 Å². The van der Waals surface area contributed by atoms with Crippen LogP contribution in [-0.2, 0) is 6.54 Å². The monoisotopic (exact) mass is 272 g/mol. The van der Waals surface area contributed by atoms with E-state index in [4.69, 9.17) is 4.52 Å². The third kappa shape index (κ3) is 2.26. The van der Waals surface area contributed by atoms with Gasteiger partial charge >= 0.3 is 0 Å². The van der Waals surface area contributed by atoms with Crippen LogP contribution in [-0.4, -0.2) is 32.9 Å². The van der Waals surface area contributed by atoms with Gasteiger partial charge in [-0.05, 0) is 31.7 Å². The van der Waals surface area contributed by atoms with Crippen molar-refractivity contribution in [3.63, 3.8) is 0 Å². The molecule has 0 radical (unpaired) electrons. The molecule has 20 heavy (non-hydrogen) atoms. The van der Waals surface area contributed by atoms with Crippen molar-refractivity contribution in [3.05, 3.63) is 35.5 Å². The van der Waals surface area contributed by atoms with Crippen LogP contribution in [0.15, 0.2) is 23.1 Å². The fourth-order valence-electron chi connectivity index (χ4n) is 3.12. The van der Waals surface area contributed by atoms with Crippen molar-refractivity contribution in [1.29, 1.82) is 0 Å². The minimum absolute atomic E-state index is 0.507. The van der Waals surface area contributed by atoms with Gasteiger partial charge in [0.05, 0.1) is 18.4 Å². The van der Waals surface area contributed by atoms with Crippen molar-refractivity contribution < 1.29 is 4.52 Å². The molecule has 1 saturated heterocycles. The predicted octanol–water partition coefficient (Wildman–Crippen LogP) is 2.50. The summed E-state index contributed by atoms with van der Waals surface area (Å²) in [6, 6.07) is 0.507. The smallest absolute Gasteiger partial charge is 0.144 e. The number of hydrogen-bond donors (Lipinski definition) is 0. The molecule has 2 aromatic heterocycles. The summed E-state index contributed by atoms with van der Waals surface area (Å²) in [5.41, 5.74) is 2.52. The first-order chi connectivity index (χ1) is 9.79. The highest BCUT2D eigenvalue weighted by atomic mass is 16.5. The Morgan fingerprint density at radius 1 is 1.30 bits per heavy atom. The molecule has 1 unspecified atom stereocenters. The zero-order chi connectivity index (χ0) is 13.5. The maximum Gasteiger partial charge on any atom is 0.144 e. The van der Waals surface area contributed by atoms with Gasteiger partial charge in [-0.1, -0.05) is 5.16 Å². The summed E-state index contributed by atoms with van der Waals surface area (Å²) in [7, 11) is 0. The van der Waals surface area contributed by atoms with Crippen molar-refractivity contribution in [2.75, 3.05) is 13.1 Å². The molecular weight excluding hydrogens is 252 g/mol. The molecule has 0 aromatic carbocycles. The summed E-state index contributed by atoms with van der Waals surface area (Å²) < 4.78 is 7.54. The Morgan fingerprint density at radius 2 is 2.20 bits per heavy atom. The maximum absolute atomic E-state index is 5.42. The van der Waals surface area contributed by atoms with Gasteiger partial charge in [-0.3, -0.25) is 9.58 Å². The van der Waals surface area contributed by atoms with Gasteiger partial charge < -0.3 is 4.52 Å². The van der Waals surface area contributed by atoms with E-state index in [0.717, 1.165) is 25.4 Å². The van der Waals surface area contributed by atoms with E-state index in [-0.39, 0.29) is 0 Å². The van der Waals surface area contributed by atoms with Crippen LogP contribution in [0.25, 0.3) is 0 Å². The van der Waals surface area contributed by atoms with E-state index in [1.165, 1.54) is 30.4 Å². The summed E-state index contributed by atoms with van der Waals surface area (Å²) in [5, 5.41) is 8.43. The van der Waals surface area contributed by atoms with Crippen molar-refractivity contribution in [2.24, 2.45) is 0 Å². The van der Waals surface area contributed by atoms with E-state index in [0.29, 0.717) is 12.0 Å². The lowest BCUT2D eigenvalue weighted by molar-refractivity contribution is 0.307. The lowest BCUT2D eigenvalue weighted by Gasteiger charge is -2.15. The van der Waals surface area contributed by atoms with Crippen molar-refractivity contribution in [1.82, 2.24) is 19.8 Å². The molecule has 0 bridgehead atoms. The summed E-state index contributed by atoms with van der Waals surface area (Å²) >= 11 is 0. The first kappa shape index (κ1) is 12.1. The van der Waals surface area contributed by atoms with Crippen LogP contribution in [0.3, 0.4) is 0 Å². The normalized spacial score (nSPS) is 23.6. The third-order valence-electron chi connectivity index (χ3n) is 4.37. The first-order valence-corrected chi connectivity index (χ1v) is 7.46. The Hall–Kier alpha value is -1.62. The molecule has 3 heterocycles. The standard InChI is InChI=1S/C15H20N4O/c1-11-6-16-19(8-11)14-4-5-18(10-14)9-13-7-17-20-15(13)12-2-3-12/h6-8,12,14H,2-5,9-10H2,1H3. The summed E-state index contributed by atoms with van der Waals surface area (Å²) in [6.45, 7) is 5.25. The van der Waals surface area contributed by atoms with Gasteiger partial charge in [0.15, 0.2) is 0 Å². The molecule has 4 rings (SSSR count). The third-order valence-corrected chi connectivity index (χ3v) is 4.37. The van der Waals surface area contributed by atoms with E-state index < -0.39 is 0 Å². The minimum Gasteiger partial charge on any atom is -0.361 e. The molecule has 0 N–H and O–H groups in total. The molecule has 106 valence electrons. The van der Waals surface area contributed by atoms with Crippen LogP contribution in [0.5, 0.6) is 0 Å². The molecule has 0 spiro atoms. The van der Waals surface area contributed by atoms with Gasteiger partial charge in [0.2, 0.25) is 0 Å². The molecule has 1 atom stereocenters. The zero-order valence-corrected chi connectivity index (χ0v) is 11.8. The highest BCUT2D eigenvalue weighted by molar-refractivity contribution is 5.21. The first-order valence-electron chi connectivity index (χ1n) is 7.46. The fourth-order valence-corrected chi connectivity index (χ4v) is 3.12. The molecule has 5 nitrogen and oxygen atoms in total. The molecule has 1 aliphatic carbocycles. The number of hydrogen-bond acceptors (Lipinski definition) is 4. The molecule has 1 aliphatic heterocycles. The second kappa shape index (κ2) is 4.74. The Bertz CT molecular complexity index is 599. The van der Waals surface area contributed by atoms with Gasteiger partial charge in [-0.2, -0.15) is 5.10 Å². The Balaban J connectivity index is 1.42. The molecule has 2 fully saturated rings. The van der Waals surface area contributed by atoms with Crippen molar-refractivity contribution in [2.45, 2.75) is 44.7 Å². The van der Waals surface area contributed by atoms with Gasteiger partial charge in [0.1, 0.15) is 5.76 Å². The quantitative estimate of drug-likeness (QED) is 0.858. The maximum atomic E-state index is 5.42. The lowest BCUT2D eigenvalue weighted by atomic mass is 10.2. The summed E-state index contributed by atoms with van der Waals surface area (Å²) in [5.74, 6) is 1.77. The average molecular weight is 272 g/mol. The number of aromatic nitrogens is 3. The van der Waals surface area contributed by atoms with Gasteiger partial charge in [0.25, 0.3) is 0 Å². The Labute approximate surface area is 118 Å². The zero-order valence-electron chi connectivity index (χ0n) is 11.8. The van der Waals surface area contributed by atoms with E-state index in [1.807, 2.05) is 12.4 Å². The van der Waals surface area contributed by atoms with Gasteiger partial charge in [0, 0.05) is 37.3 Å². The molecule has 1 saturated carbocycles. The number of rotatable bonds is 4. The molecule has 2 aromatic rings. The Kier molecular flexibility index (Phi) is 2.88.